The lowest BCUT2D eigenvalue weighted by atomic mass is 9.52. The number of aliphatic hydroxyl groups is 1. The third-order valence-electron chi connectivity index (χ3n) is 28.6. The van der Waals surface area contributed by atoms with Gasteiger partial charge in [-0.05, 0) is 236 Å². The zero-order valence-corrected chi connectivity index (χ0v) is 79.6. The van der Waals surface area contributed by atoms with Crippen molar-refractivity contribution in [3.63, 3.8) is 0 Å². The highest BCUT2D eigenvalue weighted by Crippen LogP contribution is 2.66. The summed E-state index contributed by atoms with van der Waals surface area (Å²) in [7, 11) is 4.85. The van der Waals surface area contributed by atoms with E-state index in [-0.39, 0.29) is 129 Å². The molecular weight excluding hydrogens is 1660 g/mol. The van der Waals surface area contributed by atoms with Crippen LogP contribution in [-0.4, -0.2) is 161 Å². The Kier molecular flexibility index (Phi) is 34.9. The van der Waals surface area contributed by atoms with Crippen molar-refractivity contribution in [2.45, 2.75) is 314 Å². The number of hydrogen-bond acceptors (Lipinski definition) is 27. The summed E-state index contributed by atoms with van der Waals surface area (Å²) >= 11 is 0. The molecule has 0 spiro atoms. The van der Waals surface area contributed by atoms with Crippen LogP contribution in [0.5, 0.6) is 23.0 Å². The average molecular weight is 1800 g/mol. The number of aliphatic hydroxyl groups excluding tert-OH is 1. The highest BCUT2D eigenvalue weighted by atomic mass is 16.6. The molecule has 2 N–H and O–H groups in total. The Hall–Kier alpha value is -8.73. The fourth-order valence-corrected chi connectivity index (χ4v) is 19.7. The molecule has 8 aliphatic carbocycles. The molecule has 4 aromatic carbocycles. The summed E-state index contributed by atoms with van der Waals surface area (Å²) in [5.74, 6) is -2.08. The van der Waals surface area contributed by atoms with Gasteiger partial charge in [0.05, 0.1) is 72.5 Å². The van der Waals surface area contributed by atoms with Crippen molar-refractivity contribution in [1.82, 2.24) is 0 Å². The summed E-state index contributed by atoms with van der Waals surface area (Å²) in [5.41, 5.74) is 1.18. The fourth-order valence-electron chi connectivity index (χ4n) is 19.7. The molecule has 0 radical (unpaired) electrons. The number of carbonyl (C=O) groups excluding carboxylic acids is 9. The van der Waals surface area contributed by atoms with Gasteiger partial charge in [0.1, 0.15) is 72.8 Å². The molecule has 16 unspecified atom stereocenters. The van der Waals surface area contributed by atoms with Crippen LogP contribution in [0.15, 0.2) is 72.8 Å². The van der Waals surface area contributed by atoms with Crippen molar-refractivity contribution in [1.29, 1.82) is 0 Å². The van der Waals surface area contributed by atoms with Crippen molar-refractivity contribution in [2.24, 2.45) is 68.5 Å². The Morgan fingerprint density at radius 2 is 1.05 bits per heavy atom. The van der Waals surface area contributed by atoms with Gasteiger partial charge < -0.3 is 86.0 Å². The van der Waals surface area contributed by atoms with Crippen LogP contribution >= 0.6 is 0 Å². The number of phenols is 1. The summed E-state index contributed by atoms with van der Waals surface area (Å²) in [6.07, 6.45) is 8.90. The van der Waals surface area contributed by atoms with Crippen molar-refractivity contribution in [3.8, 4) is 23.0 Å². The first-order chi connectivity index (χ1) is 60.4. The van der Waals surface area contributed by atoms with E-state index >= 15 is 0 Å². The molecule has 27 nitrogen and oxygen atoms in total. The molecule has 10 aliphatic rings. The van der Waals surface area contributed by atoms with Crippen LogP contribution in [0.3, 0.4) is 0 Å². The summed E-state index contributed by atoms with van der Waals surface area (Å²) in [4.78, 5) is 114. The fraction of sp³-hybridized carbons (Fsp3) is 0.676. The lowest BCUT2D eigenvalue weighted by molar-refractivity contribution is -0.236. The number of fused-ring (bicyclic) bond motifs is 2. The third kappa shape index (κ3) is 23.3. The minimum absolute atomic E-state index is 0. The summed E-state index contributed by atoms with van der Waals surface area (Å²) < 4.78 is 90.6. The van der Waals surface area contributed by atoms with Gasteiger partial charge in [0, 0.05) is 86.7 Å². The number of benzene rings is 4. The van der Waals surface area contributed by atoms with Crippen molar-refractivity contribution < 1.29 is 129 Å². The number of esters is 9. The van der Waals surface area contributed by atoms with E-state index in [1.807, 2.05) is 132 Å². The lowest BCUT2D eigenvalue weighted by Crippen LogP contribution is -2.61. The maximum atomic E-state index is 13.1. The summed E-state index contributed by atoms with van der Waals surface area (Å²) in [5, 5.41) is 19.7. The van der Waals surface area contributed by atoms with Gasteiger partial charge >= 0.3 is 53.7 Å². The number of methoxy groups -OCH3 is 3. The Morgan fingerprint density at radius 3 is 1.53 bits per heavy atom. The van der Waals surface area contributed by atoms with E-state index in [9.17, 15) is 53.4 Å². The molecule has 8 bridgehead atoms. The number of aromatic hydroxyl groups is 1. The van der Waals surface area contributed by atoms with Gasteiger partial charge in [-0.1, -0.05) is 98.7 Å². The van der Waals surface area contributed by atoms with Crippen LogP contribution in [0.25, 0.3) is 0 Å². The number of rotatable bonds is 38. The predicted molar refractivity (Wildman–Crippen MR) is 479 cm³/mol. The minimum Gasteiger partial charge on any atom is -0.507 e. The molecule has 10 fully saturated rings. The SMILES string of the molecule is C.CCC(C)(C)C(=O)OC1C2CC3C1OC(=O)C3(C(=O)OCCOc1ccc(COC)cc1)C2.CCC(C)(C)C(=O)OC1C2CC3C1OC(=O)C3(C(=O)OCc1cc(C)cc(CO)c1O)C2.CCC(C)(C)C(=O)OCC(=O)Oc1c(C(C)OC)cc(C(C)(C)C)cc1C(C)OC.CCOC(C)c1ccc(OCCCOC23CC4CC(C2)CC(OC(=O)C(C)CC)(C4)C3)cc1. The van der Waals surface area contributed by atoms with Gasteiger partial charge in [-0.25, -0.2) is 4.79 Å². The van der Waals surface area contributed by atoms with E-state index in [0.717, 1.165) is 84.1 Å². The molecule has 716 valence electrons. The first-order valence-corrected chi connectivity index (χ1v) is 46.1. The Labute approximate surface area is 763 Å². The molecule has 2 heterocycles. The lowest BCUT2D eigenvalue weighted by Gasteiger charge is -2.60. The van der Waals surface area contributed by atoms with E-state index in [1.165, 1.54) is 6.42 Å². The maximum Gasteiger partial charge on any atom is 0.349 e. The first kappa shape index (κ1) is 104. The second-order valence-corrected chi connectivity index (χ2v) is 39.8. The second-order valence-electron chi connectivity index (χ2n) is 39.8. The van der Waals surface area contributed by atoms with Crippen molar-refractivity contribution >= 4 is 53.7 Å². The van der Waals surface area contributed by atoms with Crippen LogP contribution in [0, 0.1) is 75.4 Å². The Bertz CT molecular complexity index is 4490. The predicted octanol–water partition coefficient (Wildman–Crippen LogP) is 17.8. The van der Waals surface area contributed by atoms with Gasteiger partial charge in [-0.3, -0.25) is 38.4 Å². The van der Waals surface area contributed by atoms with E-state index in [4.69, 9.17) is 75.8 Å². The number of aryl methyl sites for hydroxylation is 1. The zero-order valence-electron chi connectivity index (χ0n) is 79.6. The van der Waals surface area contributed by atoms with E-state index in [2.05, 4.69) is 39.8 Å². The van der Waals surface area contributed by atoms with Gasteiger partial charge in [-0.15, -0.1) is 0 Å². The molecule has 0 aromatic heterocycles. The maximum absolute atomic E-state index is 13.1. The average Bonchev–Trinajstić information content (AvgIpc) is 1.52. The van der Waals surface area contributed by atoms with Crippen LogP contribution in [0.4, 0.5) is 0 Å². The third-order valence-corrected chi connectivity index (χ3v) is 28.6. The van der Waals surface area contributed by atoms with Gasteiger partial charge in [0.2, 0.25) is 0 Å². The molecule has 16 atom stereocenters. The Morgan fingerprint density at radius 1 is 0.558 bits per heavy atom. The molecule has 4 aromatic rings. The van der Waals surface area contributed by atoms with Gasteiger partial charge in [-0.2, -0.15) is 0 Å². The second kappa shape index (κ2) is 43.3. The zero-order chi connectivity index (χ0) is 94.0. The van der Waals surface area contributed by atoms with Crippen LogP contribution < -0.4 is 14.2 Å². The summed E-state index contributed by atoms with van der Waals surface area (Å²) in [6, 6.07) is 22.9. The first-order valence-electron chi connectivity index (χ1n) is 46.1. The van der Waals surface area contributed by atoms with Crippen LogP contribution in [0.2, 0.25) is 0 Å². The molecule has 0 amide bonds. The smallest absolute Gasteiger partial charge is 0.349 e. The standard InChI is InChI=1S/C28H42O5.C25H32O8.C24H30O8.C24H38O6.CH4/c1-5-20(3)26(29)33-28-17-22-14-23(18-28)16-27(15-22,19-28)32-13-7-12-31-25-10-8-24(9-11-25)21(4)30-6-2;1-5-24(2,3)21(26)32-19-16-12-18-20(19)33-23(28)25(18,13-16)22(27)31-11-10-30-17-8-6-15(7-9-17)14-29-4;1-5-23(3,4)20(27)31-18-13-8-16-19(18)32-22(29)24(16,9-13)21(28)30-11-15-7-12(2)6-14(10-25)17(15)26;1-11-24(7,8)22(26)29-14-20(25)30-21-18(15(2)27-9)12-17(23(4,5)6)13-19(21)16(3)28-10;/h8-11,20-23H,5-7,12-19H2,1-4H3;6-9,16,18-20H,5,10-14H2,1-4H3;6-7,13,16,18-19,25-26H,5,8-11H2,1-4H3;12-13,15-16H,11,14H2,1-10H3;1H4. The quantitative estimate of drug-likeness (QED) is 0.0138. The molecule has 2 saturated heterocycles. The topological polar surface area (TPSA) is 342 Å². The molecule has 27 heteroatoms. The molecule has 14 rings (SSSR count). The molecule has 8 saturated carbocycles. The van der Waals surface area contributed by atoms with Gasteiger partial charge in [0.25, 0.3) is 0 Å². The number of ether oxygens (including phenoxy) is 16. The Balaban J connectivity index is 0.000000194. The molecular formula is C102H146O27. The normalized spacial score (nSPS) is 26.6. The van der Waals surface area contributed by atoms with Crippen LogP contribution in [0.1, 0.15) is 291 Å². The van der Waals surface area contributed by atoms with Gasteiger partial charge in [0.15, 0.2) is 17.4 Å². The highest BCUT2D eigenvalue weighted by molar-refractivity contribution is 6.04. The van der Waals surface area contributed by atoms with Crippen molar-refractivity contribution in [2.75, 3.05) is 61.0 Å². The monoisotopic (exact) mass is 1800 g/mol. The van der Waals surface area contributed by atoms with Crippen molar-refractivity contribution in [3.05, 3.63) is 117 Å². The number of carbonyl (C=O) groups is 9. The minimum atomic E-state index is -1.39. The van der Waals surface area contributed by atoms with E-state index < -0.39 is 99.8 Å². The largest absolute Gasteiger partial charge is 0.507 e. The van der Waals surface area contributed by atoms with E-state index in [1.54, 1.807) is 54.2 Å². The highest BCUT2D eigenvalue weighted by Gasteiger charge is 2.77. The van der Waals surface area contributed by atoms with E-state index in [0.29, 0.717) is 93.0 Å². The molecule has 129 heavy (non-hydrogen) atoms. The summed E-state index contributed by atoms with van der Waals surface area (Å²) in [6.45, 7) is 38.4. The number of hydrogen-bond donors (Lipinski definition) is 2. The molecule has 2 aliphatic heterocycles. The van der Waals surface area contributed by atoms with Crippen LogP contribution in [-0.2, 0) is 130 Å².